The molecule has 434 valence electrons. The predicted molar refractivity (Wildman–Crippen MR) is 256 cm³/mol. The highest BCUT2D eigenvalue weighted by Gasteiger charge is 2.53. The van der Waals surface area contributed by atoms with Gasteiger partial charge in [-0.3, -0.25) is 42.3 Å². The molecule has 0 aliphatic carbocycles. The summed E-state index contributed by atoms with van der Waals surface area (Å²) in [5, 5.41) is 36.0. The number of H-pyrrole nitrogens is 2. The van der Waals surface area contributed by atoms with Gasteiger partial charge in [0.1, 0.15) is 54.6 Å². The first-order valence-corrected chi connectivity index (χ1v) is 29.0. The summed E-state index contributed by atoms with van der Waals surface area (Å²) < 4.78 is 116. The summed E-state index contributed by atoms with van der Waals surface area (Å²) in [4.78, 5) is 99.9. The third kappa shape index (κ3) is 12.1. The number of phosphoric ester groups is 3. The zero-order chi connectivity index (χ0) is 57.1. The van der Waals surface area contributed by atoms with Crippen molar-refractivity contribution in [2.75, 3.05) is 64.0 Å². The molecule has 6 aromatic heterocycles. The van der Waals surface area contributed by atoms with Gasteiger partial charge in [0.05, 0.1) is 52.2 Å². The number of methoxy groups -OCH3 is 2. The molecule has 0 bridgehead atoms. The Morgan fingerprint density at radius 2 is 1.34 bits per heavy atom. The van der Waals surface area contributed by atoms with Crippen LogP contribution in [-0.2, 0) is 75.7 Å². The van der Waals surface area contributed by atoms with Crippen molar-refractivity contribution in [3.05, 3.63) is 46.0 Å². The monoisotopic (exact) mass is 1200 g/mol. The SMILES string of the molecule is CCNc1nc2c(c(=O)[nH]1)[n+](C)cn2[C@@H]1O[C@H](COP(=O)(O)OP(=O)(O)OP(=O)(O)OC[C@H]2O[C@@H](n3cnc4c(N)ncnc43)[C@H](OC)[C@@H]2OP(=O)([O-])OC[C@H]2O[C@@H](n3cnc4c(=O)[nH]c(N)nc43)[C@H](O)[C@@H]2O)[C@@H](COC)[C@H]1O. The molecule has 0 saturated carbocycles. The molecule has 6 aromatic rings. The molecule has 79 heavy (non-hydrogen) atoms. The minimum absolute atomic E-state index is 0.00226. The number of phosphoric acid groups is 4. The topological polar surface area (TPSA) is 540 Å². The number of imidazole rings is 3. The van der Waals surface area contributed by atoms with Crippen LogP contribution < -0.4 is 37.4 Å². The van der Waals surface area contributed by atoms with E-state index in [1.165, 1.54) is 34.2 Å². The number of hydrogen-bond acceptors (Lipinski definition) is 30. The van der Waals surface area contributed by atoms with Gasteiger partial charge in [0, 0.05) is 26.7 Å². The Morgan fingerprint density at radius 3 is 2.01 bits per heavy atom. The van der Waals surface area contributed by atoms with E-state index in [2.05, 4.69) is 53.8 Å². The maximum Gasteiger partial charge on any atom is 0.490 e. The predicted octanol–water partition coefficient (Wildman–Crippen LogP) is -3.59. The Morgan fingerprint density at radius 1 is 0.722 bits per heavy atom. The van der Waals surface area contributed by atoms with E-state index in [0.717, 1.165) is 30.7 Å². The molecule has 13 N–H and O–H groups in total. The molecular formula is C36H51N15O24P4. The number of nitrogen functional groups attached to an aromatic ring is 2. The highest BCUT2D eigenvalue weighted by molar-refractivity contribution is 7.66. The molecule has 3 aliphatic rings. The van der Waals surface area contributed by atoms with E-state index in [4.69, 9.17) is 53.2 Å². The van der Waals surface area contributed by atoms with Gasteiger partial charge >= 0.3 is 29.0 Å². The molecule has 43 heteroatoms. The largest absolute Gasteiger partial charge is 0.756 e. The first kappa shape index (κ1) is 58.5. The van der Waals surface area contributed by atoms with Crippen molar-refractivity contribution in [2.45, 2.75) is 74.4 Å². The molecule has 4 unspecified atom stereocenters. The number of aliphatic hydroxyl groups excluding tert-OH is 3. The fourth-order valence-electron chi connectivity index (χ4n) is 9.00. The van der Waals surface area contributed by atoms with Gasteiger partial charge in [-0.2, -0.15) is 23.2 Å². The van der Waals surface area contributed by atoms with Gasteiger partial charge < -0.3 is 84.4 Å². The maximum atomic E-state index is 13.6. The van der Waals surface area contributed by atoms with E-state index in [1.54, 1.807) is 6.92 Å². The molecule has 39 nitrogen and oxygen atoms in total. The second-order valence-corrected chi connectivity index (χ2v) is 23.6. The number of aryl methyl sites for hydroxylation is 1. The Hall–Kier alpha value is -5.15. The summed E-state index contributed by atoms with van der Waals surface area (Å²) in [5.41, 5.74) is 10.2. The number of fused-ring (bicyclic) bond motifs is 3. The van der Waals surface area contributed by atoms with Gasteiger partial charge in [-0.05, 0) is 6.92 Å². The number of aromatic amines is 2. The first-order valence-electron chi connectivity index (χ1n) is 23.0. The first-order chi connectivity index (χ1) is 37.2. The van der Waals surface area contributed by atoms with E-state index in [9.17, 15) is 62.7 Å². The Bertz CT molecular complexity index is 3550. The number of hydrogen-bond donors (Lipinski definition) is 11. The van der Waals surface area contributed by atoms with Gasteiger partial charge in [0.25, 0.3) is 24.5 Å². The molecule has 0 amide bonds. The van der Waals surface area contributed by atoms with Crippen LogP contribution in [-0.4, -0.2) is 180 Å². The minimum Gasteiger partial charge on any atom is -0.756 e. The van der Waals surface area contributed by atoms with Crippen molar-refractivity contribution in [3.63, 3.8) is 0 Å². The van der Waals surface area contributed by atoms with Crippen LogP contribution in [0.3, 0.4) is 0 Å². The van der Waals surface area contributed by atoms with Gasteiger partial charge in [0.2, 0.25) is 24.5 Å². The third-order valence-electron chi connectivity index (χ3n) is 12.4. The lowest BCUT2D eigenvalue weighted by molar-refractivity contribution is -0.646. The second-order valence-electron chi connectivity index (χ2n) is 17.6. The van der Waals surface area contributed by atoms with E-state index in [-0.39, 0.29) is 57.8 Å². The van der Waals surface area contributed by atoms with E-state index in [0.29, 0.717) is 6.54 Å². The summed E-state index contributed by atoms with van der Waals surface area (Å²) in [7, 11) is -19.8. The minimum atomic E-state index is -6.19. The van der Waals surface area contributed by atoms with Gasteiger partial charge in [-0.15, -0.1) is 0 Å². The average Bonchev–Trinajstić information content (AvgIpc) is 4.39. The summed E-state index contributed by atoms with van der Waals surface area (Å²) >= 11 is 0. The van der Waals surface area contributed by atoms with Crippen LogP contribution in [0, 0.1) is 5.92 Å². The number of aromatic nitrogens is 12. The van der Waals surface area contributed by atoms with Crippen molar-refractivity contribution in [1.29, 1.82) is 0 Å². The summed E-state index contributed by atoms with van der Waals surface area (Å²) in [6, 6.07) is 0. The quantitative estimate of drug-likeness (QED) is 0.0218. The molecular weight excluding hydrogens is 1150 g/mol. The lowest BCUT2D eigenvalue weighted by Crippen LogP contribution is -2.39. The van der Waals surface area contributed by atoms with Crippen LogP contribution in [0.25, 0.3) is 33.5 Å². The summed E-state index contributed by atoms with van der Waals surface area (Å²) in [6.45, 7) is -1.35. The second kappa shape index (κ2) is 22.7. The Balaban J connectivity index is 0.869. The maximum absolute atomic E-state index is 13.6. The average molecular weight is 1200 g/mol. The van der Waals surface area contributed by atoms with E-state index >= 15 is 0 Å². The van der Waals surface area contributed by atoms with Crippen LogP contribution in [0.4, 0.5) is 17.7 Å². The van der Waals surface area contributed by atoms with E-state index in [1.807, 2.05) is 0 Å². The zero-order valence-electron chi connectivity index (χ0n) is 41.2. The molecule has 0 spiro atoms. The summed E-state index contributed by atoms with van der Waals surface area (Å²) in [6.07, 6.45) is -13.1. The van der Waals surface area contributed by atoms with Crippen molar-refractivity contribution in [3.8, 4) is 0 Å². The van der Waals surface area contributed by atoms with Crippen LogP contribution in [0.1, 0.15) is 25.6 Å². The number of nitrogens with two attached hydrogens (primary N) is 2. The highest BCUT2D eigenvalue weighted by Crippen LogP contribution is 2.68. The van der Waals surface area contributed by atoms with Crippen LogP contribution in [0.15, 0.2) is 34.9 Å². The lowest BCUT2D eigenvalue weighted by atomic mass is 9.99. The molecule has 0 aromatic carbocycles. The standard InChI is InChI=1S/C36H51N15O24P4/c1-5-39-36-45-29-20(31(56)47-36)48(2)13-51(29)32-21(52)14(6-65-3)15(70-32)7-68-77(59,60)74-79(63,64)75-78(61,62)69-9-17-24(25(66-4)34(72-17)49-11-42-18-26(37)40-10-41-27(18)49)73-76(57,58)67-8-16-22(53)23(54)33(71-16)50-12-43-19-28(50)44-35(38)46-30(19)55/h10-17,21-25,32-34,52-54H,5-9H2,1-4H3,(H10-,37,38,39,40,41,44,45,46,47,55,56,57,58,59,60,61,62,63,64)/t14-,15-,16-,17-,21-,22-,23-,24-,25-,32-,33-,34-/m1/s1. The van der Waals surface area contributed by atoms with E-state index < -0.39 is 136 Å². The number of rotatable bonds is 23. The fourth-order valence-corrected chi connectivity index (χ4v) is 13.5. The lowest BCUT2D eigenvalue weighted by Gasteiger charge is -2.31. The van der Waals surface area contributed by atoms with Crippen molar-refractivity contribution in [1.82, 2.24) is 53.6 Å². The number of anilines is 3. The third-order valence-corrected chi connectivity index (χ3v) is 17.6. The molecule has 0 radical (unpaired) electrons. The number of nitrogens with one attached hydrogen (secondary N) is 3. The number of aliphatic hydroxyl groups is 3. The molecule has 9 rings (SSSR count). The Labute approximate surface area is 440 Å². The Kier molecular flexibility index (Phi) is 16.8. The van der Waals surface area contributed by atoms with Crippen LogP contribution in [0.5, 0.6) is 0 Å². The molecule has 3 saturated heterocycles. The van der Waals surface area contributed by atoms with Crippen LogP contribution in [0.2, 0.25) is 0 Å². The van der Waals surface area contributed by atoms with Gasteiger partial charge in [-0.25, -0.2) is 38.2 Å². The number of ether oxygens (including phenoxy) is 5. The van der Waals surface area contributed by atoms with Crippen LogP contribution >= 0.6 is 31.3 Å². The summed E-state index contributed by atoms with van der Waals surface area (Å²) in [5.74, 6) is -1.33. The van der Waals surface area contributed by atoms with Crippen molar-refractivity contribution >= 4 is 82.5 Å². The molecule has 3 fully saturated rings. The van der Waals surface area contributed by atoms with Gasteiger partial charge in [0.15, 0.2) is 35.1 Å². The number of nitrogens with zero attached hydrogens (tertiary/aromatic N) is 10. The fraction of sp³-hybridized carbons (Fsp3) is 0.583. The molecule has 3 aliphatic heterocycles. The van der Waals surface area contributed by atoms with Crippen molar-refractivity contribution in [2.24, 2.45) is 13.0 Å². The zero-order valence-corrected chi connectivity index (χ0v) is 44.8. The smallest absolute Gasteiger partial charge is 0.490 e. The normalized spacial score (nSPS) is 29.5. The molecule has 16 atom stereocenters. The van der Waals surface area contributed by atoms with Crippen molar-refractivity contribution < 1.29 is 108 Å². The highest BCUT2D eigenvalue weighted by atomic mass is 31.3. The molecule has 9 heterocycles. The van der Waals surface area contributed by atoms with Gasteiger partial charge in [-0.1, -0.05) is 0 Å².